The molecule has 10 nitrogen and oxygen atoms in total. The van der Waals surface area contributed by atoms with Gasteiger partial charge in [-0.2, -0.15) is 8.75 Å². The van der Waals surface area contributed by atoms with E-state index in [1.54, 1.807) is 13.3 Å². The van der Waals surface area contributed by atoms with Gasteiger partial charge in [0.1, 0.15) is 22.2 Å². The minimum absolute atomic E-state index is 0.339. The van der Waals surface area contributed by atoms with Crippen LogP contribution in [0.4, 0.5) is 0 Å². The molecular weight excluding hydrogens is 472 g/mol. The Bertz CT molecular complexity index is 927. The van der Waals surface area contributed by atoms with E-state index in [1.165, 1.54) is 29.5 Å². The van der Waals surface area contributed by atoms with Crippen molar-refractivity contribution in [2.45, 2.75) is 92.9 Å². The molecule has 0 N–H and O–H groups in total. The third-order valence-corrected chi connectivity index (χ3v) is 5.88. The average Bonchev–Trinajstić information content (AvgIpc) is 3.55. The molecule has 0 unspecified atom stereocenters. The number of rotatable bonds is 4. The summed E-state index contributed by atoms with van der Waals surface area (Å²) in [7, 11) is 0. The van der Waals surface area contributed by atoms with Crippen LogP contribution in [0.1, 0.15) is 113 Å². The number of hydrogen-bond acceptors (Lipinski definition) is 12. The molecule has 0 spiro atoms. The van der Waals surface area contributed by atoms with E-state index in [4.69, 9.17) is 8.83 Å². The van der Waals surface area contributed by atoms with Gasteiger partial charge in [-0.1, -0.05) is 55.4 Å². The molecule has 188 valence electrons. The van der Waals surface area contributed by atoms with Crippen LogP contribution in [0.3, 0.4) is 0 Å². The molecule has 0 aliphatic carbocycles. The van der Waals surface area contributed by atoms with Gasteiger partial charge in [-0.15, -0.1) is 20.4 Å². The molecule has 0 aliphatic rings. The Hall–Kier alpha value is -2.60. The quantitative estimate of drug-likeness (QED) is 0.308. The molecule has 0 aliphatic heterocycles. The van der Waals surface area contributed by atoms with Crippen molar-refractivity contribution in [3.05, 3.63) is 46.2 Å². The van der Waals surface area contributed by atoms with Gasteiger partial charge in [0, 0.05) is 30.6 Å². The molecule has 0 amide bonds. The number of hydrogen-bond donors (Lipinski definition) is 0. The van der Waals surface area contributed by atoms with Crippen LogP contribution in [-0.2, 0) is 0 Å². The summed E-state index contributed by atoms with van der Waals surface area (Å²) in [6.07, 6.45) is 2.94. The smallest absolute Gasteiger partial charge is 0.219 e. The second kappa shape index (κ2) is 15.3. The van der Waals surface area contributed by atoms with Crippen LogP contribution in [0, 0.1) is 13.8 Å². The molecule has 34 heavy (non-hydrogen) atoms. The summed E-state index contributed by atoms with van der Waals surface area (Å²) in [4.78, 5) is 8.24. The van der Waals surface area contributed by atoms with Crippen LogP contribution >= 0.6 is 23.1 Å². The third-order valence-electron chi connectivity index (χ3n) is 3.82. The number of aryl methyl sites for hydroxylation is 2. The Kier molecular flexibility index (Phi) is 13.3. The fraction of sp³-hybridized carbons (Fsp3) is 0.636. The minimum atomic E-state index is 0.339. The standard InChI is InChI=1S/C6H10N2O.C6H10N2S.C5H8N2O.C5H8N2S/c1-4(2)6-8-7-5(3)9-6;1-4(2)6-7-5(3)8-9-6;1-4(2)5-7-6-3-8-5;1-4(2)5-6-3-7-8-5/h2*4H,1-3H3;2*3-4H,1-2H3. The van der Waals surface area contributed by atoms with Gasteiger partial charge in [-0.05, 0) is 30.0 Å². The highest BCUT2D eigenvalue weighted by Crippen LogP contribution is 2.15. The summed E-state index contributed by atoms with van der Waals surface area (Å²) in [5.41, 5.74) is 0. The highest BCUT2D eigenvalue weighted by Gasteiger charge is 2.05. The van der Waals surface area contributed by atoms with E-state index in [1.807, 2.05) is 34.6 Å². The summed E-state index contributed by atoms with van der Waals surface area (Å²) in [6, 6.07) is 0. The molecule has 0 saturated carbocycles. The number of nitrogens with zero attached hydrogens (tertiary/aromatic N) is 8. The maximum atomic E-state index is 5.12. The first-order valence-corrected chi connectivity index (χ1v) is 12.7. The van der Waals surface area contributed by atoms with E-state index in [-0.39, 0.29) is 0 Å². The van der Waals surface area contributed by atoms with Gasteiger partial charge in [0.15, 0.2) is 0 Å². The van der Waals surface area contributed by atoms with E-state index in [9.17, 15) is 0 Å². The van der Waals surface area contributed by atoms with Gasteiger partial charge in [0.25, 0.3) is 0 Å². The minimum Gasteiger partial charge on any atom is -0.428 e. The molecule has 0 atom stereocenters. The number of aromatic nitrogens is 8. The van der Waals surface area contributed by atoms with Crippen LogP contribution < -0.4 is 0 Å². The molecule has 0 aromatic carbocycles. The van der Waals surface area contributed by atoms with E-state index in [0.717, 1.165) is 15.8 Å². The normalized spacial score (nSPS) is 10.5. The summed E-state index contributed by atoms with van der Waals surface area (Å²) in [5, 5.41) is 17.0. The van der Waals surface area contributed by atoms with Gasteiger partial charge < -0.3 is 8.83 Å². The van der Waals surface area contributed by atoms with Gasteiger partial charge in [0.05, 0.1) is 0 Å². The van der Waals surface area contributed by atoms with Gasteiger partial charge in [-0.25, -0.2) is 9.97 Å². The largest absolute Gasteiger partial charge is 0.428 e. The average molecular weight is 509 g/mol. The Morgan fingerprint density at radius 2 is 1.38 bits per heavy atom. The predicted molar refractivity (Wildman–Crippen MR) is 134 cm³/mol. The van der Waals surface area contributed by atoms with Gasteiger partial charge >= 0.3 is 0 Å². The second-order valence-corrected chi connectivity index (χ2v) is 10.1. The van der Waals surface area contributed by atoms with E-state index >= 15 is 0 Å². The fourth-order valence-corrected chi connectivity index (χ4v) is 3.12. The van der Waals surface area contributed by atoms with Gasteiger partial charge in [-0.3, -0.25) is 0 Å². The summed E-state index contributed by atoms with van der Waals surface area (Å²) in [5.74, 6) is 4.68. The van der Waals surface area contributed by atoms with E-state index in [2.05, 4.69) is 66.8 Å². The zero-order valence-corrected chi connectivity index (χ0v) is 23.3. The van der Waals surface area contributed by atoms with E-state index < -0.39 is 0 Å². The molecule has 0 bridgehead atoms. The monoisotopic (exact) mass is 508 g/mol. The first-order chi connectivity index (χ1) is 16.0. The molecule has 4 heterocycles. The van der Waals surface area contributed by atoms with Crippen molar-refractivity contribution in [2.24, 2.45) is 0 Å². The molecular formula is C22H36N8O2S2. The lowest BCUT2D eigenvalue weighted by molar-refractivity contribution is 0.448. The molecule has 4 rings (SSSR count). The van der Waals surface area contributed by atoms with Crippen LogP contribution in [0.15, 0.2) is 21.6 Å². The van der Waals surface area contributed by atoms with Crippen LogP contribution in [-0.4, -0.2) is 39.1 Å². The zero-order chi connectivity index (χ0) is 25.7. The van der Waals surface area contributed by atoms with Crippen LogP contribution in [0.5, 0.6) is 0 Å². The van der Waals surface area contributed by atoms with Crippen molar-refractivity contribution in [2.75, 3.05) is 0 Å². The summed E-state index contributed by atoms with van der Waals surface area (Å²) in [6.45, 7) is 20.2. The van der Waals surface area contributed by atoms with E-state index in [0.29, 0.717) is 41.3 Å². The zero-order valence-electron chi connectivity index (χ0n) is 21.7. The Morgan fingerprint density at radius 1 is 0.735 bits per heavy atom. The molecule has 12 heteroatoms. The molecule has 4 aromatic rings. The topological polar surface area (TPSA) is 129 Å². The lowest BCUT2D eigenvalue weighted by Crippen LogP contribution is -1.85. The maximum absolute atomic E-state index is 5.12. The molecule has 0 fully saturated rings. The van der Waals surface area contributed by atoms with Crippen LogP contribution in [0.2, 0.25) is 0 Å². The third kappa shape index (κ3) is 11.5. The van der Waals surface area contributed by atoms with Crippen LogP contribution in [0.25, 0.3) is 0 Å². The fourth-order valence-electron chi connectivity index (χ4n) is 1.96. The van der Waals surface area contributed by atoms with Crippen molar-refractivity contribution >= 4 is 23.1 Å². The van der Waals surface area contributed by atoms with Crippen molar-refractivity contribution in [1.82, 2.24) is 39.1 Å². The van der Waals surface area contributed by atoms with Crippen molar-refractivity contribution in [3.63, 3.8) is 0 Å². The highest BCUT2D eigenvalue weighted by atomic mass is 32.1. The Morgan fingerprint density at radius 3 is 1.62 bits per heavy atom. The lowest BCUT2D eigenvalue weighted by Gasteiger charge is -1.92. The Balaban J connectivity index is 0.000000227. The van der Waals surface area contributed by atoms with Gasteiger partial charge in [0.2, 0.25) is 24.1 Å². The second-order valence-electron chi connectivity index (χ2n) is 8.51. The summed E-state index contributed by atoms with van der Waals surface area (Å²) < 4.78 is 17.9. The maximum Gasteiger partial charge on any atom is 0.219 e. The first-order valence-electron chi connectivity index (χ1n) is 11.1. The van der Waals surface area contributed by atoms with Crippen molar-refractivity contribution in [1.29, 1.82) is 0 Å². The predicted octanol–water partition coefficient (Wildman–Crippen LogP) is 6.33. The summed E-state index contributed by atoms with van der Waals surface area (Å²) >= 11 is 2.97. The SMILES string of the molecule is CC(C)c1ncns1.CC(C)c1nnco1.Cc1nnc(C(C)C)o1.Cc1nsc(C(C)C)n1. The Labute approximate surface area is 210 Å². The van der Waals surface area contributed by atoms with Crippen molar-refractivity contribution < 1.29 is 8.83 Å². The highest BCUT2D eigenvalue weighted by molar-refractivity contribution is 7.05. The lowest BCUT2D eigenvalue weighted by atomic mass is 10.2. The molecule has 0 radical (unpaired) electrons. The molecule has 0 saturated heterocycles. The molecule has 4 aromatic heterocycles. The first kappa shape index (κ1) is 29.4. The van der Waals surface area contributed by atoms with Crippen molar-refractivity contribution in [3.8, 4) is 0 Å².